The second-order valence-electron chi connectivity index (χ2n) is 3.34. The van der Waals surface area contributed by atoms with Crippen molar-refractivity contribution in [3.05, 3.63) is 24.0 Å². The molecule has 13 heavy (non-hydrogen) atoms. The Morgan fingerprint density at radius 1 is 1.69 bits per heavy atom. The standard InChI is InChI=1S/C10H13NO2/c1-13-10(12)8-4-2-6-11-7-3-5-9(8)11/h3,5,7-8H,2,4,6H2,1H3. The Bertz CT molecular complexity index is 316. The number of fused-ring (bicyclic) bond motifs is 1. The van der Waals surface area contributed by atoms with Crippen LogP contribution in [0.5, 0.6) is 0 Å². The van der Waals surface area contributed by atoms with E-state index in [9.17, 15) is 4.79 Å². The van der Waals surface area contributed by atoms with Crippen molar-refractivity contribution in [3.63, 3.8) is 0 Å². The minimum absolute atomic E-state index is 0.0475. The highest BCUT2D eigenvalue weighted by atomic mass is 16.5. The topological polar surface area (TPSA) is 31.2 Å². The summed E-state index contributed by atoms with van der Waals surface area (Å²) >= 11 is 0. The molecule has 1 aromatic rings. The Hall–Kier alpha value is -1.25. The molecule has 2 rings (SSSR count). The van der Waals surface area contributed by atoms with Crippen LogP contribution >= 0.6 is 0 Å². The molecular formula is C10H13NO2. The molecule has 0 saturated carbocycles. The number of rotatable bonds is 1. The van der Waals surface area contributed by atoms with Gasteiger partial charge in [0.1, 0.15) is 0 Å². The van der Waals surface area contributed by atoms with Crippen LogP contribution in [0, 0.1) is 0 Å². The first-order chi connectivity index (χ1) is 6.33. The van der Waals surface area contributed by atoms with Gasteiger partial charge in [0, 0.05) is 18.4 Å². The van der Waals surface area contributed by atoms with E-state index in [4.69, 9.17) is 4.74 Å². The zero-order chi connectivity index (χ0) is 9.26. The summed E-state index contributed by atoms with van der Waals surface area (Å²) in [5.74, 6) is -0.159. The van der Waals surface area contributed by atoms with Gasteiger partial charge in [-0.25, -0.2) is 0 Å². The second kappa shape index (κ2) is 3.24. The van der Waals surface area contributed by atoms with Gasteiger partial charge in [0.2, 0.25) is 0 Å². The van der Waals surface area contributed by atoms with Gasteiger partial charge >= 0.3 is 5.97 Å². The molecule has 2 heterocycles. The lowest BCUT2D eigenvalue weighted by Gasteiger charge is -2.22. The summed E-state index contributed by atoms with van der Waals surface area (Å²) in [6.07, 6.45) is 3.99. The van der Waals surface area contributed by atoms with Gasteiger partial charge in [-0.2, -0.15) is 0 Å². The molecular weight excluding hydrogens is 166 g/mol. The molecule has 0 N–H and O–H groups in total. The van der Waals surface area contributed by atoms with E-state index in [-0.39, 0.29) is 11.9 Å². The van der Waals surface area contributed by atoms with Crippen LogP contribution in [0.3, 0.4) is 0 Å². The van der Waals surface area contributed by atoms with E-state index in [0.29, 0.717) is 0 Å². The molecule has 1 aliphatic heterocycles. The highest BCUT2D eigenvalue weighted by Gasteiger charge is 2.26. The Morgan fingerprint density at radius 3 is 3.31 bits per heavy atom. The van der Waals surface area contributed by atoms with Gasteiger partial charge in [0.25, 0.3) is 0 Å². The van der Waals surface area contributed by atoms with Crippen LogP contribution < -0.4 is 0 Å². The quantitative estimate of drug-likeness (QED) is 0.612. The first-order valence-electron chi connectivity index (χ1n) is 4.56. The molecule has 1 aromatic heterocycles. The number of aryl methyl sites for hydroxylation is 1. The van der Waals surface area contributed by atoms with E-state index in [0.717, 1.165) is 25.1 Å². The zero-order valence-corrected chi connectivity index (χ0v) is 7.69. The molecule has 0 spiro atoms. The van der Waals surface area contributed by atoms with Crippen molar-refractivity contribution >= 4 is 5.97 Å². The third-order valence-electron chi connectivity index (χ3n) is 2.60. The fraction of sp³-hybridized carbons (Fsp3) is 0.500. The summed E-state index contributed by atoms with van der Waals surface area (Å²) in [4.78, 5) is 11.4. The van der Waals surface area contributed by atoms with Crippen molar-refractivity contribution in [2.24, 2.45) is 0 Å². The highest BCUT2D eigenvalue weighted by molar-refractivity contribution is 5.77. The summed E-state index contributed by atoms with van der Waals surface area (Å²) in [6, 6.07) is 3.98. The molecule has 1 atom stereocenters. The second-order valence-corrected chi connectivity index (χ2v) is 3.34. The summed E-state index contributed by atoms with van der Waals surface area (Å²) in [7, 11) is 1.45. The summed E-state index contributed by atoms with van der Waals surface area (Å²) in [5.41, 5.74) is 1.10. The van der Waals surface area contributed by atoms with Gasteiger partial charge in [0.15, 0.2) is 0 Å². The van der Waals surface area contributed by atoms with Crippen LogP contribution in [0.1, 0.15) is 24.5 Å². The number of hydrogen-bond donors (Lipinski definition) is 0. The number of methoxy groups -OCH3 is 1. The number of carbonyl (C=O) groups is 1. The number of ether oxygens (including phenoxy) is 1. The van der Waals surface area contributed by atoms with Crippen molar-refractivity contribution in [1.82, 2.24) is 4.57 Å². The molecule has 0 aromatic carbocycles. The lowest BCUT2D eigenvalue weighted by Crippen LogP contribution is -2.22. The largest absolute Gasteiger partial charge is 0.469 e. The summed E-state index contributed by atoms with van der Waals surface area (Å²) < 4.78 is 6.89. The molecule has 0 aliphatic carbocycles. The Kier molecular flexibility index (Phi) is 2.08. The smallest absolute Gasteiger partial charge is 0.314 e. The third kappa shape index (κ3) is 1.34. The van der Waals surface area contributed by atoms with Gasteiger partial charge < -0.3 is 9.30 Å². The number of carbonyl (C=O) groups excluding carboxylic acids is 1. The van der Waals surface area contributed by atoms with Crippen LogP contribution in [0.2, 0.25) is 0 Å². The van der Waals surface area contributed by atoms with Crippen molar-refractivity contribution in [2.45, 2.75) is 25.3 Å². The molecule has 1 unspecified atom stereocenters. The van der Waals surface area contributed by atoms with E-state index in [1.165, 1.54) is 7.11 Å². The predicted molar refractivity (Wildman–Crippen MR) is 48.4 cm³/mol. The average Bonchev–Trinajstić information content (AvgIpc) is 2.63. The van der Waals surface area contributed by atoms with Gasteiger partial charge in [-0.1, -0.05) is 0 Å². The van der Waals surface area contributed by atoms with E-state index in [2.05, 4.69) is 4.57 Å². The molecule has 0 saturated heterocycles. The van der Waals surface area contributed by atoms with Crippen molar-refractivity contribution in [2.75, 3.05) is 7.11 Å². The summed E-state index contributed by atoms with van der Waals surface area (Å²) in [5, 5.41) is 0. The maximum atomic E-state index is 11.4. The lowest BCUT2D eigenvalue weighted by molar-refractivity contribution is -0.143. The normalized spacial score (nSPS) is 20.8. The van der Waals surface area contributed by atoms with Crippen LogP contribution in [-0.4, -0.2) is 17.6 Å². The van der Waals surface area contributed by atoms with Crippen LogP contribution in [0.25, 0.3) is 0 Å². The molecule has 0 radical (unpaired) electrons. The van der Waals surface area contributed by atoms with Crippen LogP contribution in [0.4, 0.5) is 0 Å². The maximum Gasteiger partial charge on any atom is 0.314 e. The van der Waals surface area contributed by atoms with Crippen molar-refractivity contribution in [3.8, 4) is 0 Å². The number of hydrogen-bond acceptors (Lipinski definition) is 2. The highest BCUT2D eigenvalue weighted by Crippen LogP contribution is 2.28. The van der Waals surface area contributed by atoms with Crippen molar-refractivity contribution in [1.29, 1.82) is 0 Å². The first-order valence-corrected chi connectivity index (χ1v) is 4.56. The lowest BCUT2D eigenvalue weighted by atomic mass is 9.96. The Labute approximate surface area is 77.3 Å². The van der Waals surface area contributed by atoms with E-state index in [1.54, 1.807) is 0 Å². The van der Waals surface area contributed by atoms with Gasteiger partial charge in [-0.05, 0) is 25.0 Å². The average molecular weight is 179 g/mol. The SMILES string of the molecule is COC(=O)C1CCCn2cccc21. The van der Waals surface area contributed by atoms with Gasteiger partial charge in [0.05, 0.1) is 13.0 Å². The molecule has 0 bridgehead atoms. The van der Waals surface area contributed by atoms with Gasteiger partial charge in [-0.3, -0.25) is 4.79 Å². The molecule has 3 nitrogen and oxygen atoms in total. The Morgan fingerprint density at radius 2 is 2.54 bits per heavy atom. The molecule has 0 fully saturated rings. The minimum atomic E-state index is -0.111. The van der Waals surface area contributed by atoms with E-state index in [1.807, 2.05) is 18.3 Å². The molecule has 1 aliphatic rings. The van der Waals surface area contributed by atoms with E-state index >= 15 is 0 Å². The third-order valence-corrected chi connectivity index (χ3v) is 2.60. The van der Waals surface area contributed by atoms with Crippen LogP contribution in [-0.2, 0) is 16.1 Å². The minimum Gasteiger partial charge on any atom is -0.469 e. The maximum absolute atomic E-state index is 11.4. The van der Waals surface area contributed by atoms with Crippen molar-refractivity contribution < 1.29 is 9.53 Å². The molecule has 70 valence electrons. The van der Waals surface area contributed by atoms with Gasteiger partial charge in [-0.15, -0.1) is 0 Å². The van der Waals surface area contributed by atoms with Crippen LogP contribution in [0.15, 0.2) is 18.3 Å². The molecule has 3 heteroatoms. The molecule has 0 amide bonds. The van der Waals surface area contributed by atoms with E-state index < -0.39 is 0 Å². The zero-order valence-electron chi connectivity index (χ0n) is 7.69. The fourth-order valence-corrected chi connectivity index (χ4v) is 1.94. The number of nitrogens with zero attached hydrogens (tertiary/aromatic N) is 1. The summed E-state index contributed by atoms with van der Waals surface area (Å²) in [6.45, 7) is 1.02. The Balaban J connectivity index is 2.30. The predicted octanol–water partition coefficient (Wildman–Crippen LogP) is 1.54. The number of esters is 1. The monoisotopic (exact) mass is 179 g/mol. The first kappa shape index (κ1) is 8.35. The fourth-order valence-electron chi connectivity index (χ4n) is 1.94. The number of aromatic nitrogens is 1.